The highest BCUT2D eigenvalue weighted by Crippen LogP contribution is 2.29. The van der Waals surface area contributed by atoms with Crippen LogP contribution in [0.2, 0.25) is 0 Å². The molecule has 0 atom stereocenters. The third-order valence-electron chi connectivity index (χ3n) is 3.74. The molecule has 5 heteroatoms. The minimum Gasteiger partial charge on any atom is -0.403 e. The summed E-state index contributed by atoms with van der Waals surface area (Å²) in [5, 5.41) is 2.20. The van der Waals surface area contributed by atoms with E-state index in [1.807, 2.05) is 60.7 Å². The molecular weight excluding hydrogens is 341 g/mol. The summed E-state index contributed by atoms with van der Waals surface area (Å²) in [6.45, 7) is 0.274. The maximum absolute atomic E-state index is 12.7. The lowest BCUT2D eigenvalue weighted by Gasteiger charge is -2.16. The molecular formula is C20H16F3OSi. The largest absolute Gasteiger partial charge is 0.416 e. The zero-order chi connectivity index (χ0) is 17.7. The van der Waals surface area contributed by atoms with Gasteiger partial charge >= 0.3 is 6.18 Å². The topological polar surface area (TPSA) is 9.23 Å². The van der Waals surface area contributed by atoms with E-state index in [9.17, 15) is 13.2 Å². The smallest absolute Gasteiger partial charge is 0.403 e. The molecule has 0 aliphatic carbocycles. The van der Waals surface area contributed by atoms with E-state index in [0.717, 1.165) is 28.1 Å². The molecule has 3 aromatic carbocycles. The van der Waals surface area contributed by atoms with E-state index < -0.39 is 20.8 Å². The van der Waals surface area contributed by atoms with E-state index >= 15 is 0 Å². The van der Waals surface area contributed by atoms with Crippen LogP contribution in [-0.4, -0.2) is 9.04 Å². The molecule has 0 saturated heterocycles. The number of halogens is 3. The van der Waals surface area contributed by atoms with Crippen molar-refractivity contribution in [1.29, 1.82) is 0 Å². The fourth-order valence-corrected chi connectivity index (χ4v) is 4.43. The van der Waals surface area contributed by atoms with Gasteiger partial charge in [0.1, 0.15) is 0 Å². The lowest BCUT2D eigenvalue weighted by Crippen LogP contribution is -2.44. The maximum atomic E-state index is 12.7. The van der Waals surface area contributed by atoms with Gasteiger partial charge in [-0.25, -0.2) is 0 Å². The van der Waals surface area contributed by atoms with Gasteiger partial charge in [-0.2, -0.15) is 13.2 Å². The third-order valence-corrected chi connectivity index (χ3v) is 5.88. The van der Waals surface area contributed by atoms with Crippen LogP contribution in [0.15, 0.2) is 84.9 Å². The summed E-state index contributed by atoms with van der Waals surface area (Å²) in [6.07, 6.45) is -4.32. The summed E-state index contributed by atoms with van der Waals surface area (Å²) in [6, 6.07) is 25.0. The number of hydrogen-bond acceptors (Lipinski definition) is 1. The first kappa shape index (κ1) is 17.4. The lowest BCUT2D eigenvalue weighted by molar-refractivity contribution is -0.137. The fourth-order valence-electron chi connectivity index (χ4n) is 2.46. The van der Waals surface area contributed by atoms with Crippen molar-refractivity contribution in [3.05, 3.63) is 96.1 Å². The Morgan fingerprint density at radius 3 is 1.60 bits per heavy atom. The first-order chi connectivity index (χ1) is 12.0. The summed E-state index contributed by atoms with van der Waals surface area (Å²) >= 11 is 0. The Balaban J connectivity index is 1.77. The van der Waals surface area contributed by atoms with E-state index in [1.54, 1.807) is 0 Å². The van der Waals surface area contributed by atoms with Crippen LogP contribution in [0.25, 0.3) is 0 Å². The maximum Gasteiger partial charge on any atom is 0.416 e. The molecule has 0 saturated carbocycles. The van der Waals surface area contributed by atoms with Gasteiger partial charge in [0.15, 0.2) is 0 Å². The molecule has 0 aromatic heterocycles. The highest BCUT2D eigenvalue weighted by molar-refractivity contribution is 6.79. The van der Waals surface area contributed by atoms with Gasteiger partial charge in [-0.1, -0.05) is 72.8 Å². The van der Waals surface area contributed by atoms with Crippen molar-refractivity contribution in [2.75, 3.05) is 0 Å². The Bertz CT molecular complexity index is 747. The van der Waals surface area contributed by atoms with Crippen LogP contribution in [0.1, 0.15) is 11.1 Å². The number of alkyl halides is 3. The molecule has 0 aliphatic heterocycles. The first-order valence-electron chi connectivity index (χ1n) is 7.81. The van der Waals surface area contributed by atoms with Crippen LogP contribution in [0.3, 0.4) is 0 Å². The van der Waals surface area contributed by atoms with Gasteiger partial charge in [0.2, 0.25) is 0 Å². The summed E-state index contributed by atoms with van der Waals surface area (Å²) in [5.74, 6) is 0. The number of hydrogen-bond donors (Lipinski definition) is 0. The van der Waals surface area contributed by atoms with Crippen LogP contribution in [0.5, 0.6) is 0 Å². The summed E-state index contributed by atoms with van der Waals surface area (Å²) in [4.78, 5) is 0. The van der Waals surface area contributed by atoms with Crippen LogP contribution >= 0.6 is 0 Å². The molecule has 0 unspecified atom stereocenters. The third kappa shape index (κ3) is 4.58. The van der Waals surface area contributed by atoms with Gasteiger partial charge in [-0.3, -0.25) is 0 Å². The zero-order valence-corrected chi connectivity index (χ0v) is 14.3. The van der Waals surface area contributed by atoms with E-state index in [-0.39, 0.29) is 6.61 Å². The molecule has 3 rings (SSSR count). The average molecular weight is 357 g/mol. The van der Waals surface area contributed by atoms with Gasteiger partial charge in [-0.05, 0) is 28.1 Å². The Morgan fingerprint density at radius 2 is 1.16 bits per heavy atom. The van der Waals surface area contributed by atoms with E-state index in [1.165, 1.54) is 12.1 Å². The van der Waals surface area contributed by atoms with Crippen molar-refractivity contribution in [2.24, 2.45) is 0 Å². The second-order valence-corrected chi connectivity index (χ2v) is 7.65. The van der Waals surface area contributed by atoms with Crippen LogP contribution < -0.4 is 10.4 Å². The van der Waals surface area contributed by atoms with Crippen molar-refractivity contribution >= 4 is 19.4 Å². The zero-order valence-electron chi connectivity index (χ0n) is 13.3. The molecule has 0 aliphatic rings. The SMILES string of the molecule is FC(F)(F)c1ccc(CO[Si](c2ccccc2)c2ccccc2)cc1. The molecule has 0 heterocycles. The molecule has 0 fully saturated rings. The predicted molar refractivity (Wildman–Crippen MR) is 94.1 cm³/mol. The van der Waals surface area contributed by atoms with Crippen molar-refractivity contribution in [3.63, 3.8) is 0 Å². The van der Waals surface area contributed by atoms with Crippen molar-refractivity contribution in [3.8, 4) is 0 Å². The van der Waals surface area contributed by atoms with Gasteiger partial charge in [0, 0.05) is 0 Å². The normalized spacial score (nSPS) is 11.7. The van der Waals surface area contributed by atoms with E-state index in [0.29, 0.717) is 0 Å². The number of benzene rings is 3. The molecule has 1 nitrogen and oxygen atoms in total. The molecule has 127 valence electrons. The Morgan fingerprint density at radius 1 is 0.680 bits per heavy atom. The summed E-state index contributed by atoms with van der Waals surface area (Å²) in [7, 11) is -1.46. The quantitative estimate of drug-likeness (QED) is 0.627. The molecule has 1 radical (unpaired) electrons. The molecule has 0 bridgehead atoms. The minimum absolute atomic E-state index is 0.274. The van der Waals surface area contributed by atoms with Gasteiger partial charge in [-0.15, -0.1) is 0 Å². The second-order valence-electron chi connectivity index (χ2n) is 5.54. The van der Waals surface area contributed by atoms with Gasteiger partial charge in [0.25, 0.3) is 9.04 Å². The number of rotatable bonds is 5. The minimum atomic E-state index is -4.32. The van der Waals surface area contributed by atoms with E-state index in [4.69, 9.17) is 4.43 Å². The van der Waals surface area contributed by atoms with Crippen molar-refractivity contribution in [1.82, 2.24) is 0 Å². The Labute approximate surface area is 146 Å². The summed E-state index contributed by atoms with van der Waals surface area (Å²) < 4.78 is 44.1. The molecule has 3 aromatic rings. The molecule has 0 amide bonds. The van der Waals surface area contributed by atoms with Gasteiger partial charge in [0.05, 0.1) is 12.2 Å². The van der Waals surface area contributed by atoms with Crippen LogP contribution in [0, 0.1) is 0 Å². The predicted octanol–water partition coefficient (Wildman–Crippen LogP) is 4.03. The first-order valence-corrected chi connectivity index (χ1v) is 9.21. The Kier molecular flexibility index (Phi) is 5.36. The van der Waals surface area contributed by atoms with Crippen molar-refractivity contribution in [2.45, 2.75) is 12.8 Å². The Hall–Kier alpha value is -2.37. The van der Waals surface area contributed by atoms with Crippen molar-refractivity contribution < 1.29 is 17.6 Å². The molecule has 0 N–H and O–H groups in total. The highest BCUT2D eigenvalue weighted by atomic mass is 28.3. The van der Waals surface area contributed by atoms with E-state index in [2.05, 4.69) is 0 Å². The van der Waals surface area contributed by atoms with Crippen LogP contribution in [0.4, 0.5) is 13.2 Å². The summed E-state index contributed by atoms with van der Waals surface area (Å²) in [5.41, 5.74) is 0.0789. The lowest BCUT2D eigenvalue weighted by atomic mass is 10.1. The molecule has 0 spiro atoms. The monoisotopic (exact) mass is 357 g/mol. The molecule has 25 heavy (non-hydrogen) atoms. The fraction of sp³-hybridized carbons (Fsp3) is 0.100. The van der Waals surface area contributed by atoms with Crippen LogP contribution in [-0.2, 0) is 17.2 Å². The average Bonchev–Trinajstić information content (AvgIpc) is 2.63. The second kappa shape index (κ2) is 7.67. The van der Waals surface area contributed by atoms with Gasteiger partial charge < -0.3 is 4.43 Å². The highest BCUT2D eigenvalue weighted by Gasteiger charge is 2.30. The standard InChI is InChI=1S/C20H16F3OSi/c21-20(22,23)17-13-11-16(12-14-17)15-24-25(18-7-3-1-4-8-18)19-9-5-2-6-10-19/h1-14H,15H2.